The van der Waals surface area contributed by atoms with Gasteiger partial charge in [-0.15, -0.1) is 0 Å². The molecule has 1 aliphatic rings. The average molecular weight is 471 g/mol. The number of halogens is 1. The van der Waals surface area contributed by atoms with E-state index in [0.717, 1.165) is 4.47 Å². The van der Waals surface area contributed by atoms with E-state index in [2.05, 4.69) is 15.9 Å². The van der Waals surface area contributed by atoms with Gasteiger partial charge >= 0.3 is 5.97 Å². The first-order valence-electron chi connectivity index (χ1n) is 8.94. The van der Waals surface area contributed by atoms with Crippen LogP contribution in [0.1, 0.15) is 12.5 Å². The normalized spacial score (nSPS) is 15.0. The van der Waals surface area contributed by atoms with E-state index >= 15 is 0 Å². The fourth-order valence-electron chi connectivity index (χ4n) is 3.06. The Hall–Kier alpha value is -3.39. The summed E-state index contributed by atoms with van der Waals surface area (Å²) in [4.78, 5) is 37.9. The lowest BCUT2D eigenvalue weighted by Crippen LogP contribution is -2.24. The first kappa shape index (κ1) is 21.3. The van der Waals surface area contributed by atoms with Crippen molar-refractivity contribution in [3.05, 3.63) is 75.4 Å². The number of hydrogen-bond acceptors (Lipinski definition) is 5. The summed E-state index contributed by atoms with van der Waals surface area (Å²) in [5, 5.41) is 0. The summed E-state index contributed by atoms with van der Waals surface area (Å²) in [7, 11) is 1.28. The van der Waals surface area contributed by atoms with Gasteiger partial charge in [0.15, 0.2) is 6.61 Å². The van der Waals surface area contributed by atoms with Crippen LogP contribution in [0.5, 0.6) is 5.75 Å². The van der Waals surface area contributed by atoms with Gasteiger partial charge in [-0.3, -0.25) is 14.5 Å². The van der Waals surface area contributed by atoms with Crippen molar-refractivity contribution in [3.8, 4) is 5.75 Å². The van der Waals surface area contributed by atoms with Crippen molar-refractivity contribution in [1.29, 1.82) is 0 Å². The van der Waals surface area contributed by atoms with Crippen molar-refractivity contribution in [1.82, 2.24) is 0 Å². The molecule has 8 heteroatoms. The highest BCUT2D eigenvalue weighted by Gasteiger charge is 2.37. The summed E-state index contributed by atoms with van der Waals surface area (Å²) in [6.45, 7) is 1.48. The Labute approximate surface area is 181 Å². The molecule has 0 radical (unpaired) electrons. The zero-order valence-corrected chi connectivity index (χ0v) is 17.9. The molecule has 0 saturated carbocycles. The summed E-state index contributed by atoms with van der Waals surface area (Å²) in [6, 6.07) is 13.9. The summed E-state index contributed by atoms with van der Waals surface area (Å²) in [5.74, 6) is -1.03. The quantitative estimate of drug-likeness (QED) is 0.516. The lowest BCUT2D eigenvalue weighted by molar-refractivity contribution is -0.136. The van der Waals surface area contributed by atoms with E-state index in [0.29, 0.717) is 22.7 Å². The van der Waals surface area contributed by atoms with Crippen LogP contribution in [-0.2, 0) is 19.1 Å². The molecule has 30 heavy (non-hydrogen) atoms. The van der Waals surface area contributed by atoms with Crippen LogP contribution in [0.25, 0.3) is 6.08 Å². The first-order chi connectivity index (χ1) is 14.3. The van der Waals surface area contributed by atoms with E-state index < -0.39 is 11.9 Å². The van der Waals surface area contributed by atoms with Gasteiger partial charge in [-0.1, -0.05) is 28.1 Å². The molecule has 0 fully saturated rings. The molecule has 3 rings (SSSR count). The number of carbonyl (C=O) groups excluding carboxylic acids is 3. The van der Waals surface area contributed by atoms with Gasteiger partial charge in [-0.05, 0) is 55.0 Å². The van der Waals surface area contributed by atoms with Crippen molar-refractivity contribution in [3.63, 3.8) is 0 Å². The van der Waals surface area contributed by atoms with E-state index in [4.69, 9.17) is 15.2 Å². The van der Waals surface area contributed by atoms with Gasteiger partial charge in [0.25, 0.3) is 11.8 Å². The third-order valence-electron chi connectivity index (χ3n) is 4.45. The molecule has 1 aliphatic heterocycles. The molecule has 0 unspecified atom stereocenters. The summed E-state index contributed by atoms with van der Waals surface area (Å²) >= 11 is 3.37. The van der Waals surface area contributed by atoms with Crippen LogP contribution in [-0.4, -0.2) is 31.5 Å². The molecule has 2 N–H and O–H groups in total. The molecule has 1 heterocycles. The maximum absolute atomic E-state index is 13.2. The maximum atomic E-state index is 13.2. The smallest absolute Gasteiger partial charge is 0.340 e. The van der Waals surface area contributed by atoms with Crippen molar-refractivity contribution < 1.29 is 23.9 Å². The number of benzene rings is 2. The zero-order valence-electron chi connectivity index (χ0n) is 16.3. The predicted octanol–water partition coefficient (Wildman–Crippen LogP) is 3.19. The second-order valence-corrected chi connectivity index (χ2v) is 7.37. The maximum Gasteiger partial charge on any atom is 0.340 e. The molecule has 154 valence electrons. The number of nitrogens with zero attached hydrogens (tertiary/aromatic N) is 1. The molecule has 0 saturated heterocycles. The van der Waals surface area contributed by atoms with Crippen LogP contribution in [0, 0.1) is 0 Å². The summed E-state index contributed by atoms with van der Waals surface area (Å²) in [5.41, 5.74) is 7.31. The van der Waals surface area contributed by atoms with Crippen LogP contribution < -0.4 is 15.4 Å². The Morgan fingerprint density at radius 2 is 1.73 bits per heavy atom. The number of amides is 2. The highest BCUT2D eigenvalue weighted by atomic mass is 79.9. The number of methoxy groups -OCH3 is 1. The van der Waals surface area contributed by atoms with Crippen molar-refractivity contribution >= 4 is 45.5 Å². The molecule has 0 atom stereocenters. The van der Waals surface area contributed by atoms with Crippen molar-refractivity contribution in [2.45, 2.75) is 6.92 Å². The average Bonchev–Trinajstić information content (AvgIpc) is 2.97. The van der Waals surface area contributed by atoms with Gasteiger partial charge in [0.2, 0.25) is 0 Å². The molecule has 7 nitrogen and oxygen atoms in total. The van der Waals surface area contributed by atoms with Gasteiger partial charge in [0.05, 0.1) is 18.3 Å². The van der Waals surface area contributed by atoms with Gasteiger partial charge in [0, 0.05) is 15.9 Å². The number of nitrogens with two attached hydrogens (primary N) is 1. The molecule has 2 aromatic carbocycles. The van der Waals surface area contributed by atoms with E-state index in [1.54, 1.807) is 49.4 Å². The fraction of sp³-hybridized carbons (Fsp3) is 0.136. The minimum Gasteiger partial charge on any atom is -0.484 e. The molecular formula is C22H19BrN2O5. The highest BCUT2D eigenvalue weighted by Crippen LogP contribution is 2.36. The van der Waals surface area contributed by atoms with Crippen LogP contribution in [0.3, 0.4) is 0 Å². The SMILES string of the molecule is COC(=O)C1=C(C)N(c2ccc(Br)cc2)C(=O)/C1=C\c1ccc(OCC(N)=O)cc1. The van der Waals surface area contributed by atoms with E-state index in [1.807, 2.05) is 12.1 Å². The molecular weight excluding hydrogens is 452 g/mol. The summed E-state index contributed by atoms with van der Waals surface area (Å²) < 4.78 is 11.0. The molecule has 2 amide bonds. The zero-order chi connectivity index (χ0) is 21.8. The lowest BCUT2D eigenvalue weighted by atomic mass is 10.0. The number of esters is 1. The molecule has 0 aromatic heterocycles. The predicted molar refractivity (Wildman–Crippen MR) is 115 cm³/mol. The number of rotatable bonds is 6. The Morgan fingerprint density at radius 1 is 1.10 bits per heavy atom. The van der Waals surface area contributed by atoms with Crippen LogP contribution in [0.15, 0.2) is 69.8 Å². The van der Waals surface area contributed by atoms with Gasteiger partial charge < -0.3 is 15.2 Å². The van der Waals surface area contributed by atoms with Gasteiger partial charge in [0.1, 0.15) is 5.75 Å². The number of hydrogen-bond donors (Lipinski definition) is 1. The molecule has 0 bridgehead atoms. The minimum absolute atomic E-state index is 0.208. The molecule has 0 spiro atoms. The second kappa shape index (κ2) is 8.96. The van der Waals surface area contributed by atoms with Crippen LogP contribution >= 0.6 is 15.9 Å². The molecule has 0 aliphatic carbocycles. The van der Waals surface area contributed by atoms with Crippen LogP contribution in [0.2, 0.25) is 0 Å². The standard InChI is InChI=1S/C22H19BrN2O5/c1-13-20(22(28)29-2)18(21(27)25(13)16-7-5-15(23)6-8-16)11-14-3-9-17(10-4-14)30-12-19(24)26/h3-11H,12H2,1-2H3,(H2,24,26)/b18-11-. The fourth-order valence-corrected chi connectivity index (χ4v) is 3.33. The monoisotopic (exact) mass is 470 g/mol. The third kappa shape index (κ3) is 4.44. The second-order valence-electron chi connectivity index (χ2n) is 6.45. The highest BCUT2D eigenvalue weighted by molar-refractivity contribution is 9.10. The van der Waals surface area contributed by atoms with Crippen molar-refractivity contribution in [2.24, 2.45) is 5.73 Å². The number of primary amides is 1. The third-order valence-corrected chi connectivity index (χ3v) is 4.98. The Balaban J connectivity index is 1.98. The summed E-state index contributed by atoms with van der Waals surface area (Å²) in [6.07, 6.45) is 1.62. The molecule has 2 aromatic rings. The Bertz CT molecular complexity index is 1060. The number of allylic oxidation sites excluding steroid dienone is 1. The lowest BCUT2D eigenvalue weighted by Gasteiger charge is -2.18. The van der Waals surface area contributed by atoms with Crippen LogP contribution in [0.4, 0.5) is 5.69 Å². The first-order valence-corrected chi connectivity index (χ1v) is 9.73. The van der Waals surface area contributed by atoms with Gasteiger partial charge in [-0.25, -0.2) is 4.79 Å². The van der Waals surface area contributed by atoms with E-state index in [1.165, 1.54) is 12.0 Å². The number of anilines is 1. The van der Waals surface area contributed by atoms with E-state index in [-0.39, 0.29) is 23.7 Å². The Morgan fingerprint density at radius 3 is 2.30 bits per heavy atom. The number of ether oxygens (including phenoxy) is 2. The minimum atomic E-state index is -0.590. The Kier molecular flexibility index (Phi) is 6.37. The number of carbonyl (C=O) groups is 3. The van der Waals surface area contributed by atoms with Gasteiger partial charge in [-0.2, -0.15) is 0 Å². The van der Waals surface area contributed by atoms with Crippen molar-refractivity contribution in [2.75, 3.05) is 18.6 Å². The van der Waals surface area contributed by atoms with E-state index in [9.17, 15) is 14.4 Å². The largest absolute Gasteiger partial charge is 0.484 e. The topological polar surface area (TPSA) is 98.9 Å².